The third-order valence-electron chi connectivity index (χ3n) is 4.52. The van der Waals surface area contributed by atoms with E-state index < -0.39 is 18.5 Å². The Morgan fingerprint density at radius 3 is 2.82 bits per heavy atom. The number of pyridine rings is 2. The van der Waals surface area contributed by atoms with E-state index in [9.17, 15) is 9.59 Å². The lowest BCUT2D eigenvalue weighted by atomic mass is 10.0. The van der Waals surface area contributed by atoms with Crippen molar-refractivity contribution in [3.8, 4) is 0 Å². The lowest BCUT2D eigenvalue weighted by Crippen LogP contribution is -2.22. The summed E-state index contributed by atoms with van der Waals surface area (Å²) in [7, 11) is 0. The molecule has 0 aliphatic heterocycles. The molecule has 8 heteroatoms. The van der Waals surface area contributed by atoms with Crippen molar-refractivity contribution in [3.63, 3.8) is 0 Å². The topological polar surface area (TPSA) is 81.2 Å². The number of rotatable bonds is 4. The van der Waals surface area contributed by atoms with Crippen LogP contribution in [0.3, 0.4) is 0 Å². The molecule has 142 valence electrons. The highest BCUT2D eigenvalue weighted by atomic mass is 35.5. The van der Waals surface area contributed by atoms with Gasteiger partial charge >= 0.3 is 5.97 Å². The Bertz CT molecular complexity index is 1100. The van der Waals surface area contributed by atoms with E-state index in [-0.39, 0.29) is 10.8 Å². The molecule has 6 nitrogen and oxygen atoms in total. The van der Waals surface area contributed by atoms with E-state index in [2.05, 4.69) is 15.3 Å². The first-order valence-corrected chi connectivity index (χ1v) is 9.47. The van der Waals surface area contributed by atoms with Crippen LogP contribution in [0.25, 0.3) is 10.9 Å². The third-order valence-corrected chi connectivity index (χ3v) is 5.02. The summed E-state index contributed by atoms with van der Waals surface area (Å²) in [5.74, 6) is -0.926. The Morgan fingerprint density at radius 2 is 2.00 bits per heavy atom. The highest BCUT2D eigenvalue weighted by molar-refractivity contribution is 6.36. The molecule has 0 fully saturated rings. The number of para-hydroxylation sites is 1. The molecule has 1 aliphatic rings. The molecule has 0 saturated heterocycles. The summed E-state index contributed by atoms with van der Waals surface area (Å²) >= 11 is 11.8. The quantitative estimate of drug-likeness (QED) is 0.645. The van der Waals surface area contributed by atoms with E-state index in [0.717, 1.165) is 41.4 Å². The van der Waals surface area contributed by atoms with Crippen LogP contribution >= 0.6 is 23.2 Å². The smallest absolute Gasteiger partial charge is 0.339 e. The molecular weight excluding hydrogens is 401 g/mol. The number of amides is 1. The Balaban J connectivity index is 1.52. The van der Waals surface area contributed by atoms with Crippen LogP contribution in [-0.2, 0) is 22.4 Å². The number of esters is 1. The molecule has 0 atom stereocenters. The van der Waals surface area contributed by atoms with Crippen molar-refractivity contribution < 1.29 is 14.3 Å². The number of hydrogen-bond acceptors (Lipinski definition) is 5. The fourth-order valence-electron chi connectivity index (χ4n) is 3.32. The maximum Gasteiger partial charge on any atom is 0.339 e. The lowest BCUT2D eigenvalue weighted by molar-refractivity contribution is -0.119. The standard InChI is InChI=1S/C20H15Cl2N3O3/c21-11-8-14(22)19(23-9-11)25-17(26)10-28-20(27)18-12-4-1-2-6-15(12)24-16-7-3-5-13(16)18/h1-2,4,6,8-9H,3,5,7,10H2,(H,23,25,26). The Kier molecular flexibility index (Phi) is 5.15. The Hall–Kier alpha value is -2.70. The molecule has 2 aromatic heterocycles. The van der Waals surface area contributed by atoms with Crippen LogP contribution in [0.2, 0.25) is 10.0 Å². The fourth-order valence-corrected chi connectivity index (χ4v) is 3.75. The number of aromatic nitrogens is 2. The minimum Gasteiger partial charge on any atom is -0.452 e. The first kappa shape index (κ1) is 18.7. The molecule has 4 rings (SSSR count). The largest absolute Gasteiger partial charge is 0.452 e. The zero-order valence-corrected chi connectivity index (χ0v) is 16.2. The molecule has 28 heavy (non-hydrogen) atoms. The zero-order chi connectivity index (χ0) is 19.7. The number of nitrogens with zero attached hydrogens (tertiary/aromatic N) is 2. The molecule has 0 saturated carbocycles. The zero-order valence-electron chi connectivity index (χ0n) is 14.7. The van der Waals surface area contributed by atoms with Crippen LogP contribution in [0.4, 0.5) is 5.82 Å². The van der Waals surface area contributed by atoms with Crippen molar-refractivity contribution in [1.29, 1.82) is 0 Å². The highest BCUT2D eigenvalue weighted by Crippen LogP contribution is 2.30. The molecule has 1 amide bonds. The van der Waals surface area contributed by atoms with Gasteiger partial charge in [-0.3, -0.25) is 9.78 Å². The van der Waals surface area contributed by atoms with Gasteiger partial charge in [0.1, 0.15) is 0 Å². The van der Waals surface area contributed by atoms with Crippen LogP contribution < -0.4 is 5.32 Å². The van der Waals surface area contributed by atoms with Crippen molar-refractivity contribution >= 4 is 51.8 Å². The van der Waals surface area contributed by atoms with E-state index in [1.54, 1.807) is 0 Å². The molecule has 0 bridgehead atoms. The summed E-state index contributed by atoms with van der Waals surface area (Å²) in [5.41, 5.74) is 3.07. The maximum atomic E-state index is 12.8. The van der Waals surface area contributed by atoms with Crippen molar-refractivity contribution in [3.05, 3.63) is 63.4 Å². The number of ether oxygens (including phenoxy) is 1. The number of anilines is 1. The second-order valence-electron chi connectivity index (χ2n) is 6.39. The Morgan fingerprint density at radius 1 is 1.18 bits per heavy atom. The third kappa shape index (κ3) is 3.66. The average Bonchev–Trinajstić information content (AvgIpc) is 3.14. The Labute approximate surface area is 170 Å². The molecule has 3 aromatic rings. The number of benzene rings is 1. The van der Waals surface area contributed by atoms with Crippen molar-refractivity contribution in [2.75, 3.05) is 11.9 Å². The van der Waals surface area contributed by atoms with Gasteiger partial charge in [-0.1, -0.05) is 41.4 Å². The second-order valence-corrected chi connectivity index (χ2v) is 7.23. The minimum absolute atomic E-state index is 0.155. The van der Waals surface area contributed by atoms with Gasteiger partial charge in [0.15, 0.2) is 12.4 Å². The van der Waals surface area contributed by atoms with Gasteiger partial charge in [0.05, 0.1) is 21.1 Å². The van der Waals surface area contributed by atoms with E-state index >= 15 is 0 Å². The van der Waals surface area contributed by atoms with Crippen LogP contribution in [0.1, 0.15) is 28.0 Å². The average molecular weight is 416 g/mol. The summed E-state index contributed by atoms with van der Waals surface area (Å²) in [6.45, 7) is -0.453. The van der Waals surface area contributed by atoms with Gasteiger partial charge in [-0.2, -0.15) is 0 Å². The first-order chi connectivity index (χ1) is 13.5. The first-order valence-electron chi connectivity index (χ1n) is 8.71. The normalized spacial score (nSPS) is 12.6. The second kappa shape index (κ2) is 7.73. The van der Waals surface area contributed by atoms with Gasteiger partial charge in [0.25, 0.3) is 5.91 Å². The van der Waals surface area contributed by atoms with E-state index in [4.69, 9.17) is 27.9 Å². The predicted octanol–water partition coefficient (Wildman–Crippen LogP) is 4.22. The van der Waals surface area contributed by atoms with Crippen molar-refractivity contribution in [2.45, 2.75) is 19.3 Å². The number of hydrogen-bond donors (Lipinski definition) is 1. The maximum absolute atomic E-state index is 12.8. The van der Waals surface area contributed by atoms with Gasteiger partial charge in [-0.15, -0.1) is 0 Å². The number of nitrogens with one attached hydrogen (secondary N) is 1. The van der Waals surface area contributed by atoms with Crippen molar-refractivity contribution in [2.24, 2.45) is 0 Å². The van der Waals surface area contributed by atoms with Gasteiger partial charge < -0.3 is 10.1 Å². The van der Waals surface area contributed by atoms with Crippen LogP contribution in [0.5, 0.6) is 0 Å². The van der Waals surface area contributed by atoms with E-state index in [1.807, 2.05) is 24.3 Å². The summed E-state index contributed by atoms with van der Waals surface area (Å²) < 4.78 is 5.28. The predicted molar refractivity (Wildman–Crippen MR) is 107 cm³/mol. The summed E-state index contributed by atoms with van der Waals surface area (Å²) in [6.07, 6.45) is 3.91. The fraction of sp³-hybridized carbons (Fsp3) is 0.200. The number of carbonyl (C=O) groups is 2. The lowest BCUT2D eigenvalue weighted by Gasteiger charge is -2.12. The van der Waals surface area contributed by atoms with Crippen LogP contribution in [0, 0.1) is 0 Å². The molecule has 1 aliphatic carbocycles. The van der Waals surface area contributed by atoms with Gasteiger partial charge in [0.2, 0.25) is 0 Å². The molecule has 0 spiro atoms. The monoisotopic (exact) mass is 415 g/mol. The van der Waals surface area contributed by atoms with Gasteiger partial charge in [-0.25, -0.2) is 9.78 Å². The molecule has 2 heterocycles. The molecule has 1 N–H and O–H groups in total. The van der Waals surface area contributed by atoms with E-state index in [0.29, 0.717) is 10.6 Å². The number of aryl methyl sites for hydroxylation is 1. The molecule has 0 unspecified atom stereocenters. The minimum atomic E-state index is -0.542. The van der Waals surface area contributed by atoms with Crippen LogP contribution in [0.15, 0.2) is 36.5 Å². The number of carbonyl (C=O) groups excluding carboxylic acids is 2. The molecule has 0 radical (unpaired) electrons. The summed E-state index contributed by atoms with van der Waals surface area (Å²) in [6, 6.07) is 8.90. The SMILES string of the molecule is O=C(COC(=O)c1c2c(nc3ccccc13)CCC2)Nc1ncc(Cl)cc1Cl. The van der Waals surface area contributed by atoms with Crippen molar-refractivity contribution in [1.82, 2.24) is 9.97 Å². The van der Waals surface area contributed by atoms with Crippen LogP contribution in [-0.4, -0.2) is 28.5 Å². The summed E-state index contributed by atoms with van der Waals surface area (Å²) in [4.78, 5) is 33.5. The molecule has 1 aromatic carbocycles. The van der Waals surface area contributed by atoms with E-state index in [1.165, 1.54) is 12.3 Å². The molecular formula is C20H15Cl2N3O3. The van der Waals surface area contributed by atoms with Gasteiger partial charge in [-0.05, 0) is 37.0 Å². The highest BCUT2D eigenvalue weighted by Gasteiger charge is 2.25. The number of halogens is 2. The van der Waals surface area contributed by atoms with Gasteiger partial charge in [0, 0.05) is 17.3 Å². The number of fused-ring (bicyclic) bond motifs is 2. The summed E-state index contributed by atoms with van der Waals surface area (Å²) in [5, 5.41) is 3.79.